The van der Waals surface area contributed by atoms with E-state index in [1.54, 1.807) is 0 Å². The molecule has 0 aliphatic carbocycles. The lowest BCUT2D eigenvalue weighted by atomic mass is 10.0. The highest BCUT2D eigenvalue weighted by Crippen LogP contribution is 2.35. The summed E-state index contributed by atoms with van der Waals surface area (Å²) in [5.41, 5.74) is 2.60. The molecular weight excluding hydrogens is 219 g/mol. The molecule has 4 heteroatoms. The number of anilines is 2. The van der Waals surface area contributed by atoms with E-state index in [-0.39, 0.29) is 11.7 Å². The minimum absolute atomic E-state index is 0.0320. The van der Waals surface area contributed by atoms with E-state index >= 15 is 0 Å². The van der Waals surface area contributed by atoms with Crippen LogP contribution in [0.5, 0.6) is 0 Å². The van der Waals surface area contributed by atoms with Crippen LogP contribution in [0.4, 0.5) is 15.8 Å². The lowest BCUT2D eigenvalue weighted by Crippen LogP contribution is -2.25. The normalized spacial score (nSPS) is 19.1. The first-order valence-electron chi connectivity index (χ1n) is 6.11. The minimum Gasteiger partial charge on any atom is -0.370 e. The Hall–Kier alpha value is -1.58. The summed E-state index contributed by atoms with van der Waals surface area (Å²) in [5, 5.41) is 2.89. The fourth-order valence-electron chi connectivity index (χ4n) is 2.65. The summed E-state index contributed by atoms with van der Waals surface area (Å²) in [6.45, 7) is 1.90. The molecule has 0 spiro atoms. The first-order valence-corrected chi connectivity index (χ1v) is 6.11. The average molecular weight is 234 g/mol. The highest BCUT2D eigenvalue weighted by molar-refractivity contribution is 5.98. The van der Waals surface area contributed by atoms with Crippen LogP contribution in [0.15, 0.2) is 12.1 Å². The van der Waals surface area contributed by atoms with Gasteiger partial charge >= 0.3 is 0 Å². The Bertz CT molecular complexity index is 467. The van der Waals surface area contributed by atoms with E-state index < -0.39 is 0 Å². The van der Waals surface area contributed by atoms with Crippen LogP contribution in [-0.4, -0.2) is 19.0 Å². The second-order valence-electron chi connectivity index (χ2n) is 4.70. The number of carbonyl (C=O) groups excluding carboxylic acids is 1. The van der Waals surface area contributed by atoms with Crippen LogP contribution in [0, 0.1) is 5.82 Å². The van der Waals surface area contributed by atoms with Gasteiger partial charge in [0.1, 0.15) is 5.82 Å². The molecule has 2 heterocycles. The maximum atomic E-state index is 13.6. The van der Waals surface area contributed by atoms with Crippen molar-refractivity contribution < 1.29 is 9.18 Å². The summed E-state index contributed by atoms with van der Waals surface area (Å²) in [7, 11) is 0. The molecule has 1 aromatic rings. The van der Waals surface area contributed by atoms with Gasteiger partial charge in [0.05, 0.1) is 11.4 Å². The predicted molar refractivity (Wildman–Crippen MR) is 64.8 cm³/mol. The van der Waals surface area contributed by atoms with Gasteiger partial charge in [-0.05, 0) is 37.0 Å². The van der Waals surface area contributed by atoms with Crippen molar-refractivity contribution in [2.45, 2.75) is 25.7 Å². The highest BCUT2D eigenvalue weighted by atomic mass is 19.1. The number of fused-ring (bicyclic) bond motifs is 1. The van der Waals surface area contributed by atoms with Crippen molar-refractivity contribution in [3.63, 3.8) is 0 Å². The largest absolute Gasteiger partial charge is 0.370 e. The van der Waals surface area contributed by atoms with E-state index in [0.29, 0.717) is 12.8 Å². The Morgan fingerprint density at radius 1 is 1.18 bits per heavy atom. The van der Waals surface area contributed by atoms with Gasteiger partial charge in [0.15, 0.2) is 0 Å². The third kappa shape index (κ3) is 1.88. The van der Waals surface area contributed by atoms with Gasteiger partial charge in [-0.15, -0.1) is 0 Å². The maximum Gasteiger partial charge on any atom is 0.224 e. The van der Waals surface area contributed by atoms with Gasteiger partial charge in [-0.2, -0.15) is 0 Å². The lowest BCUT2D eigenvalue weighted by Gasteiger charge is -2.26. The number of aryl methyl sites for hydroxylation is 1. The van der Waals surface area contributed by atoms with Crippen LogP contribution < -0.4 is 10.2 Å². The maximum absolute atomic E-state index is 13.6. The molecular formula is C13H15FN2O. The SMILES string of the molecule is O=C1CCc2cc(F)cc(N3CCCC3)c2N1. The second kappa shape index (κ2) is 4.02. The van der Waals surface area contributed by atoms with Crippen molar-refractivity contribution in [1.82, 2.24) is 0 Å². The molecule has 2 aliphatic heterocycles. The van der Waals surface area contributed by atoms with Crippen LogP contribution in [0.2, 0.25) is 0 Å². The topological polar surface area (TPSA) is 32.3 Å². The number of hydrogen-bond donors (Lipinski definition) is 1. The Labute approximate surface area is 99.6 Å². The van der Waals surface area contributed by atoms with Crippen molar-refractivity contribution in [2.24, 2.45) is 0 Å². The molecule has 90 valence electrons. The minimum atomic E-state index is -0.207. The highest BCUT2D eigenvalue weighted by Gasteiger charge is 2.23. The molecule has 2 aliphatic rings. The molecule has 1 fully saturated rings. The summed E-state index contributed by atoms with van der Waals surface area (Å²) >= 11 is 0. The zero-order chi connectivity index (χ0) is 11.8. The lowest BCUT2D eigenvalue weighted by molar-refractivity contribution is -0.116. The Kier molecular flexibility index (Phi) is 2.50. The van der Waals surface area contributed by atoms with Crippen molar-refractivity contribution in [1.29, 1.82) is 0 Å². The van der Waals surface area contributed by atoms with Crippen molar-refractivity contribution in [3.8, 4) is 0 Å². The molecule has 0 aromatic heterocycles. The van der Waals surface area contributed by atoms with Gasteiger partial charge in [0.2, 0.25) is 5.91 Å². The molecule has 0 bridgehead atoms. The van der Waals surface area contributed by atoms with Crippen LogP contribution in [0.1, 0.15) is 24.8 Å². The number of carbonyl (C=O) groups is 1. The average Bonchev–Trinajstić information content (AvgIpc) is 2.82. The summed E-state index contributed by atoms with van der Waals surface area (Å²) in [4.78, 5) is 13.6. The Balaban J connectivity index is 2.06. The quantitative estimate of drug-likeness (QED) is 0.808. The van der Waals surface area contributed by atoms with Crippen molar-refractivity contribution in [2.75, 3.05) is 23.3 Å². The number of nitrogens with one attached hydrogen (secondary N) is 1. The van der Waals surface area contributed by atoms with Gasteiger partial charge in [-0.1, -0.05) is 0 Å². The predicted octanol–water partition coefficient (Wildman–Crippen LogP) is 2.31. The molecule has 3 rings (SSSR count). The van der Waals surface area contributed by atoms with E-state index in [1.165, 1.54) is 12.1 Å². The number of nitrogens with zero attached hydrogens (tertiary/aromatic N) is 1. The van der Waals surface area contributed by atoms with Crippen LogP contribution in [0.25, 0.3) is 0 Å². The Morgan fingerprint density at radius 3 is 2.71 bits per heavy atom. The molecule has 0 atom stereocenters. The standard InChI is InChI=1S/C13H15FN2O/c14-10-7-9-3-4-12(17)15-13(9)11(8-10)16-5-1-2-6-16/h7-8H,1-6H2,(H,15,17). The van der Waals surface area contributed by atoms with Gasteiger partial charge in [0, 0.05) is 19.5 Å². The molecule has 0 saturated carbocycles. The van der Waals surface area contributed by atoms with Crippen molar-refractivity contribution >= 4 is 17.3 Å². The molecule has 1 N–H and O–H groups in total. The number of benzene rings is 1. The number of halogens is 1. The van der Waals surface area contributed by atoms with E-state index in [4.69, 9.17) is 0 Å². The zero-order valence-electron chi connectivity index (χ0n) is 9.63. The molecule has 3 nitrogen and oxygen atoms in total. The third-order valence-corrected chi connectivity index (χ3v) is 3.50. The van der Waals surface area contributed by atoms with E-state index in [9.17, 15) is 9.18 Å². The fraction of sp³-hybridized carbons (Fsp3) is 0.462. The summed E-state index contributed by atoms with van der Waals surface area (Å²) < 4.78 is 13.6. The molecule has 0 radical (unpaired) electrons. The van der Waals surface area contributed by atoms with Crippen LogP contribution >= 0.6 is 0 Å². The smallest absolute Gasteiger partial charge is 0.224 e. The number of hydrogen-bond acceptors (Lipinski definition) is 2. The van der Waals surface area contributed by atoms with Crippen molar-refractivity contribution in [3.05, 3.63) is 23.5 Å². The first kappa shape index (κ1) is 10.6. The van der Waals surface area contributed by atoms with Gasteiger partial charge in [-0.25, -0.2) is 4.39 Å². The van der Waals surface area contributed by atoms with Gasteiger partial charge in [-0.3, -0.25) is 4.79 Å². The van der Waals surface area contributed by atoms with Gasteiger partial charge in [0.25, 0.3) is 0 Å². The van der Waals surface area contributed by atoms with Gasteiger partial charge < -0.3 is 10.2 Å². The summed E-state index contributed by atoms with van der Waals surface area (Å²) in [6.07, 6.45) is 3.37. The molecule has 1 amide bonds. The van der Waals surface area contributed by atoms with E-state index in [2.05, 4.69) is 10.2 Å². The fourth-order valence-corrected chi connectivity index (χ4v) is 2.65. The molecule has 0 unspecified atom stereocenters. The Morgan fingerprint density at radius 2 is 1.94 bits per heavy atom. The molecule has 1 aromatic carbocycles. The van der Waals surface area contributed by atoms with Crippen LogP contribution in [-0.2, 0) is 11.2 Å². The monoisotopic (exact) mass is 234 g/mol. The summed E-state index contributed by atoms with van der Waals surface area (Å²) in [6, 6.07) is 3.07. The molecule has 1 saturated heterocycles. The zero-order valence-corrected chi connectivity index (χ0v) is 9.63. The van der Waals surface area contributed by atoms with Crippen LogP contribution in [0.3, 0.4) is 0 Å². The first-order chi connectivity index (χ1) is 8.24. The summed E-state index contributed by atoms with van der Waals surface area (Å²) in [5.74, 6) is -0.175. The number of rotatable bonds is 1. The third-order valence-electron chi connectivity index (χ3n) is 3.50. The van der Waals surface area contributed by atoms with E-state index in [0.717, 1.165) is 42.9 Å². The number of amides is 1. The second-order valence-corrected chi connectivity index (χ2v) is 4.70. The molecule has 17 heavy (non-hydrogen) atoms. The van der Waals surface area contributed by atoms with E-state index in [1.807, 2.05) is 0 Å².